The highest BCUT2D eigenvalue weighted by Gasteiger charge is 2.43. The fraction of sp³-hybridized carbons (Fsp3) is 0.115. The number of hydrogen-bond donors (Lipinski definition) is 2. The Morgan fingerprint density at radius 3 is 2.47 bits per heavy atom. The molecule has 0 radical (unpaired) electrons. The molecule has 8 heteroatoms. The molecular formula is C26H22N4O3S. The number of phenolic OH excluding ortho intramolecular Hbond substituents is 1. The minimum Gasteiger partial charge on any atom is -0.506 e. The number of anilines is 1. The van der Waals surface area contributed by atoms with E-state index in [2.05, 4.69) is 10.3 Å². The number of ether oxygens (including phenoxy) is 1. The lowest BCUT2D eigenvalue weighted by Gasteiger charge is -2.29. The molecule has 1 fully saturated rings. The van der Waals surface area contributed by atoms with Crippen molar-refractivity contribution in [1.29, 1.82) is 0 Å². The van der Waals surface area contributed by atoms with E-state index in [1.54, 1.807) is 30.5 Å². The van der Waals surface area contributed by atoms with Gasteiger partial charge in [0.05, 0.1) is 35.8 Å². The van der Waals surface area contributed by atoms with Gasteiger partial charge in [-0.3, -0.25) is 4.98 Å². The van der Waals surface area contributed by atoms with Gasteiger partial charge in [-0.1, -0.05) is 30.3 Å². The third kappa shape index (κ3) is 3.68. The zero-order valence-electron chi connectivity index (χ0n) is 18.3. The monoisotopic (exact) mass is 470 g/mol. The molecule has 7 nitrogen and oxygen atoms in total. The van der Waals surface area contributed by atoms with E-state index in [0.29, 0.717) is 22.1 Å². The maximum absolute atomic E-state index is 12.5. The van der Waals surface area contributed by atoms with Gasteiger partial charge in [0.15, 0.2) is 5.11 Å². The molecule has 1 aliphatic heterocycles. The minimum absolute atomic E-state index is 0.117. The maximum Gasteiger partial charge on any atom is 0.339 e. The topological polar surface area (TPSA) is 79.6 Å². The number of aromatic nitrogens is 2. The van der Waals surface area contributed by atoms with Gasteiger partial charge in [-0.05, 0) is 60.7 Å². The summed E-state index contributed by atoms with van der Waals surface area (Å²) in [5.41, 5.74) is 3.38. The van der Waals surface area contributed by atoms with E-state index in [1.165, 1.54) is 7.11 Å². The lowest BCUT2D eigenvalue weighted by atomic mass is 10.00. The Hall–Kier alpha value is -4.17. The van der Waals surface area contributed by atoms with Crippen molar-refractivity contribution in [3.63, 3.8) is 0 Å². The van der Waals surface area contributed by atoms with Gasteiger partial charge in [0.25, 0.3) is 0 Å². The molecule has 5 rings (SSSR count). The first-order chi connectivity index (χ1) is 16.6. The normalized spacial score (nSPS) is 17.4. The van der Waals surface area contributed by atoms with Crippen molar-refractivity contribution in [2.75, 3.05) is 12.0 Å². The number of methoxy groups -OCH3 is 1. The molecule has 1 aliphatic rings. The molecule has 2 atom stereocenters. The standard InChI is InChI=1S/C26H22N4O3S/c1-33-25(32)17-9-2-3-11-19(17)29-16-8-13-21(29)24-23(18-10-6-7-15-27-18)28-26(34)30(24)20-12-4-5-14-22(20)31/h2-16,23-24,31H,1H3,(H,28,34). The van der Waals surface area contributed by atoms with Crippen molar-refractivity contribution < 1.29 is 14.6 Å². The molecule has 0 amide bonds. The van der Waals surface area contributed by atoms with E-state index >= 15 is 0 Å². The maximum atomic E-state index is 12.5. The molecule has 2 N–H and O–H groups in total. The van der Waals surface area contributed by atoms with Crippen LogP contribution in [-0.4, -0.2) is 32.8 Å². The molecule has 4 aromatic rings. The van der Waals surface area contributed by atoms with E-state index in [9.17, 15) is 9.90 Å². The summed E-state index contributed by atoms with van der Waals surface area (Å²) in [6.07, 6.45) is 3.64. The van der Waals surface area contributed by atoms with E-state index in [1.807, 2.05) is 70.3 Å². The summed E-state index contributed by atoms with van der Waals surface area (Å²) in [6, 6.07) is 23.3. The van der Waals surface area contributed by atoms with Gasteiger partial charge in [0.1, 0.15) is 11.8 Å². The second-order valence-electron chi connectivity index (χ2n) is 7.80. The van der Waals surface area contributed by atoms with Crippen molar-refractivity contribution in [3.8, 4) is 11.4 Å². The summed E-state index contributed by atoms with van der Waals surface area (Å²) < 4.78 is 6.97. The molecule has 2 aromatic heterocycles. The zero-order chi connectivity index (χ0) is 23.7. The number of nitrogens with one attached hydrogen (secondary N) is 1. The molecule has 0 bridgehead atoms. The third-order valence-corrected chi connectivity index (χ3v) is 6.21. The number of aromatic hydroxyl groups is 1. The first-order valence-electron chi connectivity index (χ1n) is 10.7. The number of carbonyl (C=O) groups excluding carboxylic acids is 1. The van der Waals surface area contributed by atoms with Crippen molar-refractivity contribution in [2.24, 2.45) is 0 Å². The number of thiocarbonyl (C=S) groups is 1. The summed E-state index contributed by atoms with van der Waals surface area (Å²) in [6.45, 7) is 0. The number of benzene rings is 2. The lowest BCUT2D eigenvalue weighted by molar-refractivity contribution is 0.0600. The molecule has 0 spiro atoms. The predicted octanol–water partition coefficient (Wildman–Crippen LogP) is 4.54. The Kier molecular flexibility index (Phi) is 5.73. The first kappa shape index (κ1) is 21.7. The molecule has 34 heavy (non-hydrogen) atoms. The second kappa shape index (κ2) is 8.99. The Balaban J connectivity index is 1.71. The molecule has 170 valence electrons. The summed E-state index contributed by atoms with van der Waals surface area (Å²) in [7, 11) is 1.37. The van der Waals surface area contributed by atoms with Crippen LogP contribution >= 0.6 is 12.2 Å². The summed E-state index contributed by atoms with van der Waals surface area (Å²) in [4.78, 5) is 19.0. The van der Waals surface area contributed by atoms with Crippen LogP contribution in [0.2, 0.25) is 0 Å². The van der Waals surface area contributed by atoms with Gasteiger partial charge in [-0.2, -0.15) is 0 Å². The molecule has 0 saturated carbocycles. The van der Waals surface area contributed by atoms with Gasteiger partial charge in [0, 0.05) is 18.1 Å². The van der Waals surface area contributed by atoms with Crippen LogP contribution in [0.1, 0.15) is 33.8 Å². The Bertz CT molecular complexity index is 1350. The van der Waals surface area contributed by atoms with E-state index < -0.39 is 5.97 Å². The van der Waals surface area contributed by atoms with Gasteiger partial charge in [0.2, 0.25) is 0 Å². The zero-order valence-corrected chi connectivity index (χ0v) is 19.1. The molecule has 2 aromatic carbocycles. The lowest BCUT2D eigenvalue weighted by Crippen LogP contribution is -2.30. The molecule has 3 heterocycles. The van der Waals surface area contributed by atoms with Gasteiger partial charge in [-0.25, -0.2) is 4.79 Å². The summed E-state index contributed by atoms with van der Waals surface area (Å²) >= 11 is 5.75. The van der Waals surface area contributed by atoms with Crippen molar-refractivity contribution in [3.05, 3.63) is 108 Å². The second-order valence-corrected chi connectivity index (χ2v) is 8.18. The Labute approximate surface area is 202 Å². The highest BCUT2D eigenvalue weighted by Crippen LogP contribution is 2.44. The van der Waals surface area contributed by atoms with Crippen LogP contribution in [-0.2, 0) is 4.74 Å². The van der Waals surface area contributed by atoms with Crippen LogP contribution in [0.15, 0.2) is 91.3 Å². The van der Waals surface area contributed by atoms with Crippen LogP contribution in [0.5, 0.6) is 5.75 Å². The Morgan fingerprint density at radius 2 is 1.74 bits per heavy atom. The quantitative estimate of drug-likeness (QED) is 0.327. The van der Waals surface area contributed by atoms with Crippen LogP contribution in [0.25, 0.3) is 5.69 Å². The van der Waals surface area contributed by atoms with Crippen LogP contribution in [0.3, 0.4) is 0 Å². The van der Waals surface area contributed by atoms with Gasteiger partial charge < -0.3 is 24.6 Å². The summed E-state index contributed by atoms with van der Waals surface area (Å²) in [5, 5.41) is 14.5. The third-order valence-electron chi connectivity index (χ3n) is 5.89. The first-order valence-corrected chi connectivity index (χ1v) is 11.1. The Morgan fingerprint density at radius 1 is 1.00 bits per heavy atom. The van der Waals surface area contributed by atoms with E-state index in [4.69, 9.17) is 17.0 Å². The number of carbonyl (C=O) groups is 1. The highest BCUT2D eigenvalue weighted by atomic mass is 32.1. The van der Waals surface area contributed by atoms with Gasteiger partial charge >= 0.3 is 5.97 Å². The van der Waals surface area contributed by atoms with Gasteiger partial charge in [-0.15, -0.1) is 0 Å². The van der Waals surface area contributed by atoms with Crippen LogP contribution in [0.4, 0.5) is 5.69 Å². The molecular weight excluding hydrogens is 448 g/mol. The average Bonchev–Trinajstić information content (AvgIpc) is 3.48. The van der Waals surface area contributed by atoms with E-state index in [0.717, 1.165) is 11.4 Å². The number of para-hydroxylation sites is 3. The highest BCUT2D eigenvalue weighted by molar-refractivity contribution is 7.80. The van der Waals surface area contributed by atoms with Crippen LogP contribution in [0, 0.1) is 0 Å². The number of esters is 1. The molecule has 2 unspecified atom stereocenters. The van der Waals surface area contributed by atoms with Crippen LogP contribution < -0.4 is 10.2 Å². The largest absolute Gasteiger partial charge is 0.506 e. The molecule has 0 aliphatic carbocycles. The smallest absolute Gasteiger partial charge is 0.339 e. The predicted molar refractivity (Wildman–Crippen MR) is 133 cm³/mol. The number of hydrogen-bond acceptors (Lipinski definition) is 5. The minimum atomic E-state index is -0.422. The van der Waals surface area contributed by atoms with E-state index in [-0.39, 0.29) is 17.8 Å². The van der Waals surface area contributed by atoms with Crippen molar-refractivity contribution in [1.82, 2.24) is 14.9 Å². The fourth-order valence-corrected chi connectivity index (χ4v) is 4.74. The number of pyridine rings is 1. The number of rotatable bonds is 5. The summed E-state index contributed by atoms with van der Waals surface area (Å²) in [5.74, 6) is -0.305. The van der Waals surface area contributed by atoms with Crippen molar-refractivity contribution in [2.45, 2.75) is 12.1 Å². The number of nitrogens with zero attached hydrogens (tertiary/aromatic N) is 3. The molecule has 1 saturated heterocycles. The fourth-order valence-electron chi connectivity index (χ4n) is 4.40. The average molecular weight is 471 g/mol. The SMILES string of the molecule is COC(=O)c1ccccc1-n1cccc1C1C(c2ccccn2)NC(=S)N1c1ccccc1O. The van der Waals surface area contributed by atoms with Crippen molar-refractivity contribution >= 4 is 29.0 Å². The number of phenols is 1.